The first-order chi connectivity index (χ1) is 10.6. The van der Waals surface area contributed by atoms with Gasteiger partial charge in [0, 0.05) is 0 Å². The molecule has 110 valence electrons. The van der Waals surface area contributed by atoms with Gasteiger partial charge in [0.25, 0.3) is 5.56 Å². The minimum Gasteiger partial charge on any atom is -0.322 e. The van der Waals surface area contributed by atoms with Gasteiger partial charge in [-0.3, -0.25) is 9.59 Å². The Morgan fingerprint density at radius 3 is 2.68 bits per heavy atom. The van der Waals surface area contributed by atoms with Crippen LogP contribution >= 0.6 is 0 Å². The molecule has 0 unspecified atom stereocenters. The van der Waals surface area contributed by atoms with Crippen molar-refractivity contribution in [1.82, 2.24) is 15.0 Å². The van der Waals surface area contributed by atoms with E-state index in [-0.39, 0.29) is 12.2 Å². The zero-order chi connectivity index (χ0) is 15.5. The molecule has 0 fully saturated rings. The summed E-state index contributed by atoms with van der Waals surface area (Å²) < 4.78 is 14.4. The van der Waals surface area contributed by atoms with E-state index in [9.17, 15) is 14.0 Å². The van der Waals surface area contributed by atoms with Crippen LogP contribution < -0.4 is 10.9 Å². The number of nitrogens with one attached hydrogen (secondary N) is 1. The summed E-state index contributed by atoms with van der Waals surface area (Å²) in [6.07, 6.45) is 0. The summed E-state index contributed by atoms with van der Waals surface area (Å²) in [7, 11) is 0. The molecule has 0 saturated carbocycles. The fourth-order valence-corrected chi connectivity index (χ4v) is 2.02. The lowest BCUT2D eigenvalue weighted by molar-refractivity contribution is -0.117. The number of halogens is 1. The Bertz CT molecular complexity index is 907. The molecule has 0 atom stereocenters. The van der Waals surface area contributed by atoms with Gasteiger partial charge in [-0.15, -0.1) is 5.10 Å². The lowest BCUT2D eigenvalue weighted by Gasteiger charge is -2.07. The van der Waals surface area contributed by atoms with Crippen LogP contribution in [0.3, 0.4) is 0 Å². The second-order valence-corrected chi connectivity index (χ2v) is 4.60. The third-order valence-electron chi connectivity index (χ3n) is 3.07. The smallest absolute Gasteiger partial charge is 0.278 e. The van der Waals surface area contributed by atoms with Crippen molar-refractivity contribution in [2.75, 3.05) is 5.32 Å². The highest BCUT2D eigenvalue weighted by atomic mass is 19.1. The quantitative estimate of drug-likeness (QED) is 0.796. The third kappa shape index (κ3) is 2.69. The van der Waals surface area contributed by atoms with E-state index in [0.717, 1.165) is 4.68 Å². The van der Waals surface area contributed by atoms with E-state index in [4.69, 9.17) is 0 Å². The van der Waals surface area contributed by atoms with Gasteiger partial charge >= 0.3 is 0 Å². The highest BCUT2D eigenvalue weighted by molar-refractivity contribution is 5.90. The van der Waals surface area contributed by atoms with Gasteiger partial charge < -0.3 is 5.32 Å². The maximum absolute atomic E-state index is 13.5. The number of hydrogen-bond donors (Lipinski definition) is 1. The van der Waals surface area contributed by atoms with Crippen molar-refractivity contribution < 1.29 is 9.18 Å². The van der Waals surface area contributed by atoms with Crippen molar-refractivity contribution in [2.24, 2.45) is 0 Å². The lowest BCUT2D eigenvalue weighted by Crippen LogP contribution is -2.30. The number of carbonyl (C=O) groups excluding carboxylic acids is 1. The molecule has 22 heavy (non-hydrogen) atoms. The number of aromatic nitrogens is 3. The molecule has 2 aromatic carbocycles. The highest BCUT2D eigenvalue weighted by Crippen LogP contribution is 2.12. The van der Waals surface area contributed by atoms with Gasteiger partial charge in [0.15, 0.2) is 0 Å². The van der Waals surface area contributed by atoms with Crippen molar-refractivity contribution in [3.63, 3.8) is 0 Å². The van der Waals surface area contributed by atoms with Crippen LogP contribution in [0.4, 0.5) is 10.1 Å². The van der Waals surface area contributed by atoms with E-state index < -0.39 is 17.3 Å². The van der Waals surface area contributed by atoms with E-state index in [1.165, 1.54) is 18.2 Å². The van der Waals surface area contributed by atoms with Crippen LogP contribution in [-0.4, -0.2) is 20.9 Å². The van der Waals surface area contributed by atoms with Crippen LogP contribution in [-0.2, 0) is 11.3 Å². The number of para-hydroxylation sites is 1. The topological polar surface area (TPSA) is 76.9 Å². The Morgan fingerprint density at radius 2 is 1.86 bits per heavy atom. The highest BCUT2D eigenvalue weighted by Gasteiger charge is 2.11. The summed E-state index contributed by atoms with van der Waals surface area (Å²) in [4.78, 5) is 24.1. The molecule has 3 rings (SSSR count). The monoisotopic (exact) mass is 298 g/mol. The molecule has 3 aromatic rings. The van der Waals surface area contributed by atoms with Gasteiger partial charge in [-0.2, -0.15) is 0 Å². The zero-order valence-electron chi connectivity index (χ0n) is 11.4. The number of benzene rings is 2. The molecule has 6 nitrogen and oxygen atoms in total. The maximum Gasteiger partial charge on any atom is 0.278 e. The van der Waals surface area contributed by atoms with Crippen LogP contribution in [0.15, 0.2) is 53.3 Å². The molecular weight excluding hydrogens is 287 g/mol. The standard InChI is InChI=1S/C15H11FN4O2/c16-11-6-2-4-8-13(11)17-14(21)9-20-15(22)10-5-1-3-7-12(10)18-19-20/h1-8H,9H2,(H,17,21). The minimum absolute atomic E-state index is 0.0503. The summed E-state index contributed by atoms with van der Waals surface area (Å²) >= 11 is 0. The third-order valence-corrected chi connectivity index (χ3v) is 3.07. The number of rotatable bonds is 3. The van der Waals surface area contributed by atoms with Crippen LogP contribution in [0.25, 0.3) is 10.9 Å². The van der Waals surface area contributed by atoms with Gasteiger partial charge in [0.1, 0.15) is 17.9 Å². The second kappa shape index (κ2) is 5.72. The Balaban J connectivity index is 1.84. The van der Waals surface area contributed by atoms with Crippen molar-refractivity contribution in [3.05, 3.63) is 64.7 Å². The number of anilines is 1. The van der Waals surface area contributed by atoms with Gasteiger partial charge in [0.2, 0.25) is 5.91 Å². The average Bonchev–Trinajstić information content (AvgIpc) is 2.53. The number of hydrogen-bond acceptors (Lipinski definition) is 4. The largest absolute Gasteiger partial charge is 0.322 e. The predicted molar refractivity (Wildman–Crippen MR) is 78.8 cm³/mol. The summed E-state index contributed by atoms with van der Waals surface area (Å²) in [6, 6.07) is 12.5. The predicted octanol–water partition coefficient (Wildman–Crippen LogP) is 1.57. The number of nitrogens with zero attached hydrogens (tertiary/aromatic N) is 3. The van der Waals surface area contributed by atoms with E-state index in [1.54, 1.807) is 30.3 Å². The van der Waals surface area contributed by atoms with Crippen LogP contribution in [0, 0.1) is 5.82 Å². The average molecular weight is 298 g/mol. The fourth-order valence-electron chi connectivity index (χ4n) is 2.02. The Labute approximate surface area is 124 Å². The molecule has 7 heteroatoms. The molecule has 0 aliphatic carbocycles. The Morgan fingerprint density at radius 1 is 1.14 bits per heavy atom. The maximum atomic E-state index is 13.5. The van der Waals surface area contributed by atoms with E-state index in [0.29, 0.717) is 10.9 Å². The Hall–Kier alpha value is -3.09. The van der Waals surface area contributed by atoms with Crippen molar-refractivity contribution >= 4 is 22.5 Å². The molecule has 1 aromatic heterocycles. The first-order valence-corrected chi connectivity index (χ1v) is 6.52. The Kier molecular flexibility index (Phi) is 3.61. The summed E-state index contributed by atoms with van der Waals surface area (Å²) in [6.45, 7) is -0.342. The second-order valence-electron chi connectivity index (χ2n) is 4.60. The molecule has 1 N–H and O–H groups in total. The van der Waals surface area contributed by atoms with Crippen molar-refractivity contribution in [1.29, 1.82) is 0 Å². The van der Waals surface area contributed by atoms with Gasteiger partial charge in [-0.25, -0.2) is 9.07 Å². The summed E-state index contributed by atoms with van der Waals surface area (Å²) in [5.74, 6) is -1.11. The molecule has 0 bridgehead atoms. The van der Waals surface area contributed by atoms with Crippen LogP contribution in [0.5, 0.6) is 0 Å². The van der Waals surface area contributed by atoms with Crippen LogP contribution in [0.2, 0.25) is 0 Å². The van der Waals surface area contributed by atoms with Crippen LogP contribution in [0.1, 0.15) is 0 Å². The summed E-state index contributed by atoms with van der Waals surface area (Å²) in [5.41, 5.74) is 0.0850. The number of carbonyl (C=O) groups is 1. The molecule has 1 heterocycles. The molecule has 0 aliphatic rings. The van der Waals surface area contributed by atoms with Crippen molar-refractivity contribution in [3.8, 4) is 0 Å². The molecule has 1 amide bonds. The molecular formula is C15H11FN4O2. The molecule has 0 spiro atoms. The molecule has 0 saturated heterocycles. The summed E-state index contributed by atoms with van der Waals surface area (Å²) in [5, 5.41) is 10.4. The SMILES string of the molecule is O=C(Cn1nnc2ccccc2c1=O)Nc1ccccc1F. The fraction of sp³-hybridized carbons (Fsp3) is 0.0667. The molecule has 0 radical (unpaired) electrons. The molecule has 0 aliphatic heterocycles. The number of fused-ring (bicyclic) bond motifs is 1. The van der Waals surface area contributed by atoms with Crippen molar-refractivity contribution in [2.45, 2.75) is 6.54 Å². The lowest BCUT2D eigenvalue weighted by atomic mass is 10.2. The van der Waals surface area contributed by atoms with Gasteiger partial charge in [0.05, 0.1) is 11.1 Å². The van der Waals surface area contributed by atoms with Gasteiger partial charge in [-0.1, -0.05) is 29.5 Å². The van der Waals surface area contributed by atoms with E-state index in [2.05, 4.69) is 15.6 Å². The number of amides is 1. The van der Waals surface area contributed by atoms with Gasteiger partial charge in [-0.05, 0) is 24.3 Å². The van der Waals surface area contributed by atoms with E-state index >= 15 is 0 Å². The first-order valence-electron chi connectivity index (χ1n) is 6.52. The van der Waals surface area contributed by atoms with E-state index in [1.807, 2.05) is 0 Å². The minimum atomic E-state index is -0.559. The normalized spacial score (nSPS) is 10.6. The first kappa shape index (κ1) is 13.9. The zero-order valence-corrected chi connectivity index (χ0v) is 11.4.